The van der Waals surface area contributed by atoms with Gasteiger partial charge in [-0.1, -0.05) is 0 Å². The minimum absolute atomic E-state index is 0.0818. The lowest BCUT2D eigenvalue weighted by Crippen LogP contribution is -2.06. The highest BCUT2D eigenvalue weighted by Gasteiger charge is 2.14. The molecule has 0 amide bonds. The molecule has 0 radical (unpaired) electrons. The molecule has 2 heterocycles. The van der Waals surface area contributed by atoms with Crippen LogP contribution in [0.1, 0.15) is 6.42 Å². The number of aromatic nitrogens is 3. The molecule has 0 aliphatic carbocycles. The number of halogens is 1. The van der Waals surface area contributed by atoms with Crippen molar-refractivity contribution in [2.75, 3.05) is 23.8 Å². The fraction of sp³-hybridized carbons (Fsp3) is 0.231. The normalized spacial score (nSPS) is 12.1. The number of aromatic amines is 1. The maximum absolute atomic E-state index is 10.9. The van der Waals surface area contributed by atoms with Gasteiger partial charge in [0.1, 0.15) is 11.0 Å². The number of H-pyrrole nitrogens is 1. The lowest BCUT2D eigenvalue weighted by atomic mass is 10.2. The SMILES string of the molecule is Nc1ccc2[nH]c3c(NCCCP(=O)(O)O)nc(Cl)nc3c2c1. The molecule has 23 heavy (non-hydrogen) atoms. The van der Waals surface area contributed by atoms with E-state index in [1.54, 1.807) is 12.1 Å². The number of benzene rings is 1. The Bertz CT molecular complexity index is 923. The lowest BCUT2D eigenvalue weighted by Gasteiger charge is -2.07. The van der Waals surface area contributed by atoms with Crippen LogP contribution in [0.5, 0.6) is 0 Å². The summed E-state index contributed by atoms with van der Waals surface area (Å²) >= 11 is 5.97. The van der Waals surface area contributed by atoms with Gasteiger partial charge in [-0.25, -0.2) is 4.98 Å². The molecule has 10 heteroatoms. The summed E-state index contributed by atoms with van der Waals surface area (Å²) in [7, 11) is -3.99. The molecule has 6 N–H and O–H groups in total. The van der Waals surface area contributed by atoms with Crippen molar-refractivity contribution < 1.29 is 14.4 Å². The smallest absolute Gasteiger partial charge is 0.325 e. The quantitative estimate of drug-likeness (QED) is 0.205. The van der Waals surface area contributed by atoms with Crippen molar-refractivity contribution >= 4 is 52.6 Å². The van der Waals surface area contributed by atoms with Crippen LogP contribution >= 0.6 is 19.2 Å². The monoisotopic (exact) mass is 355 g/mol. The van der Waals surface area contributed by atoms with Gasteiger partial charge >= 0.3 is 7.60 Å². The Morgan fingerprint density at radius 1 is 1.35 bits per heavy atom. The Morgan fingerprint density at radius 3 is 2.87 bits per heavy atom. The molecule has 3 rings (SSSR count). The maximum atomic E-state index is 10.9. The summed E-state index contributed by atoms with van der Waals surface area (Å²) in [4.78, 5) is 29.3. The minimum Gasteiger partial charge on any atom is -0.399 e. The summed E-state index contributed by atoms with van der Waals surface area (Å²) in [6.07, 6.45) is 0.117. The van der Waals surface area contributed by atoms with Crippen LogP contribution in [-0.2, 0) is 4.57 Å². The zero-order chi connectivity index (χ0) is 16.6. The van der Waals surface area contributed by atoms with Crippen LogP contribution in [0.2, 0.25) is 5.28 Å². The van der Waals surface area contributed by atoms with Crippen LogP contribution in [0.15, 0.2) is 18.2 Å². The van der Waals surface area contributed by atoms with E-state index < -0.39 is 7.60 Å². The van der Waals surface area contributed by atoms with Gasteiger partial charge in [0.05, 0.1) is 6.16 Å². The standard InChI is InChI=1S/C13H15ClN5O3P/c14-13-18-10-8-6-7(15)2-3-9(8)17-11(10)12(19-13)16-4-1-5-23(20,21)22/h2-3,6,17H,1,4-5,15H2,(H,16,18,19)(H2,20,21,22). The molecular formula is C13H15ClN5O3P. The topological polar surface area (TPSA) is 137 Å². The predicted molar refractivity (Wildman–Crippen MR) is 90.8 cm³/mol. The maximum Gasteiger partial charge on any atom is 0.325 e. The molecule has 1 aromatic carbocycles. The number of nitrogen functional groups attached to an aromatic ring is 1. The summed E-state index contributed by atoms with van der Waals surface area (Å²) in [5.74, 6) is 0.487. The first-order chi connectivity index (χ1) is 10.8. The molecule has 8 nitrogen and oxygen atoms in total. The summed E-state index contributed by atoms with van der Waals surface area (Å²) in [5, 5.41) is 3.95. The number of fused-ring (bicyclic) bond motifs is 3. The molecule has 3 aromatic rings. The molecular weight excluding hydrogens is 341 g/mol. The van der Waals surface area contributed by atoms with E-state index in [2.05, 4.69) is 20.3 Å². The number of nitrogens with zero attached hydrogens (tertiary/aromatic N) is 2. The summed E-state index contributed by atoms with van der Waals surface area (Å²) in [6.45, 7) is 0.352. The Morgan fingerprint density at radius 2 is 2.13 bits per heavy atom. The van der Waals surface area contributed by atoms with Crippen LogP contribution < -0.4 is 11.1 Å². The van der Waals surface area contributed by atoms with E-state index in [1.165, 1.54) is 0 Å². The predicted octanol–water partition coefficient (Wildman–Crippen LogP) is 2.33. The zero-order valence-electron chi connectivity index (χ0n) is 12.0. The zero-order valence-corrected chi connectivity index (χ0v) is 13.6. The summed E-state index contributed by atoms with van der Waals surface area (Å²) < 4.78 is 10.9. The molecule has 0 spiro atoms. The number of nitrogens with one attached hydrogen (secondary N) is 2. The molecule has 0 bridgehead atoms. The van der Waals surface area contributed by atoms with Crippen molar-refractivity contribution in [1.29, 1.82) is 0 Å². The summed E-state index contributed by atoms with van der Waals surface area (Å²) in [6, 6.07) is 5.42. The minimum atomic E-state index is -3.99. The van der Waals surface area contributed by atoms with Gasteiger partial charge in [0.25, 0.3) is 0 Å². The van der Waals surface area contributed by atoms with Crippen LogP contribution in [0.25, 0.3) is 21.9 Å². The Hall–Kier alpha value is -1.86. The Balaban J connectivity index is 1.94. The molecule has 0 saturated heterocycles. The molecule has 0 unspecified atom stereocenters. The molecule has 0 aliphatic rings. The van der Waals surface area contributed by atoms with Crippen molar-refractivity contribution in [1.82, 2.24) is 15.0 Å². The second-order valence-corrected chi connectivity index (χ2v) is 7.28. The van der Waals surface area contributed by atoms with Crippen molar-refractivity contribution in [3.8, 4) is 0 Å². The van der Waals surface area contributed by atoms with E-state index in [4.69, 9.17) is 27.1 Å². The fourth-order valence-corrected chi connectivity index (χ4v) is 3.11. The number of rotatable bonds is 5. The van der Waals surface area contributed by atoms with Gasteiger partial charge in [-0.05, 0) is 36.2 Å². The van der Waals surface area contributed by atoms with Crippen LogP contribution in [0.3, 0.4) is 0 Å². The van der Waals surface area contributed by atoms with Gasteiger partial charge in [-0.2, -0.15) is 4.98 Å². The van der Waals surface area contributed by atoms with Crippen molar-refractivity contribution in [2.45, 2.75) is 6.42 Å². The molecule has 122 valence electrons. The van der Waals surface area contributed by atoms with Gasteiger partial charge in [0, 0.05) is 23.1 Å². The van der Waals surface area contributed by atoms with Gasteiger partial charge in [0.15, 0.2) is 5.82 Å². The highest BCUT2D eigenvalue weighted by atomic mass is 35.5. The fourth-order valence-electron chi connectivity index (χ4n) is 2.37. The Labute approximate surface area is 136 Å². The van der Waals surface area contributed by atoms with Gasteiger partial charge in [-0.3, -0.25) is 4.57 Å². The molecule has 0 saturated carbocycles. The Kier molecular flexibility index (Phi) is 4.16. The highest BCUT2D eigenvalue weighted by Crippen LogP contribution is 2.35. The van der Waals surface area contributed by atoms with Gasteiger partial charge in [0.2, 0.25) is 5.28 Å². The van der Waals surface area contributed by atoms with E-state index in [1.807, 2.05) is 6.07 Å². The number of anilines is 2. The third-order valence-corrected chi connectivity index (χ3v) is 4.43. The number of hydrogen-bond donors (Lipinski definition) is 5. The lowest BCUT2D eigenvalue weighted by molar-refractivity contribution is 0.372. The first kappa shape index (κ1) is 16.0. The van der Waals surface area contributed by atoms with Crippen LogP contribution in [0.4, 0.5) is 11.5 Å². The average Bonchev–Trinajstić information content (AvgIpc) is 2.80. The van der Waals surface area contributed by atoms with Crippen molar-refractivity contribution in [3.05, 3.63) is 23.5 Å². The molecule has 0 atom stereocenters. The third kappa shape index (κ3) is 3.56. The van der Waals surface area contributed by atoms with Crippen LogP contribution in [0, 0.1) is 0 Å². The first-order valence-corrected chi connectivity index (χ1v) is 9.04. The van der Waals surface area contributed by atoms with E-state index in [0.29, 0.717) is 35.5 Å². The van der Waals surface area contributed by atoms with E-state index in [-0.39, 0.29) is 11.4 Å². The van der Waals surface area contributed by atoms with E-state index in [0.717, 1.165) is 10.9 Å². The number of nitrogens with two attached hydrogens (primary N) is 1. The van der Waals surface area contributed by atoms with Crippen molar-refractivity contribution in [2.24, 2.45) is 0 Å². The molecule has 0 aliphatic heterocycles. The van der Waals surface area contributed by atoms with Crippen molar-refractivity contribution in [3.63, 3.8) is 0 Å². The van der Waals surface area contributed by atoms with E-state index >= 15 is 0 Å². The average molecular weight is 356 g/mol. The second-order valence-electron chi connectivity index (χ2n) is 5.16. The van der Waals surface area contributed by atoms with Crippen LogP contribution in [-0.4, -0.2) is 37.4 Å². The highest BCUT2D eigenvalue weighted by molar-refractivity contribution is 7.51. The summed E-state index contributed by atoms with van der Waals surface area (Å²) in [5.41, 5.74) is 8.59. The first-order valence-electron chi connectivity index (χ1n) is 6.86. The van der Waals surface area contributed by atoms with E-state index in [9.17, 15) is 4.57 Å². The second kappa shape index (κ2) is 5.98. The van der Waals surface area contributed by atoms with Gasteiger partial charge < -0.3 is 25.8 Å². The molecule has 0 fully saturated rings. The molecule has 2 aromatic heterocycles. The number of hydrogen-bond acceptors (Lipinski definition) is 5. The largest absolute Gasteiger partial charge is 0.399 e. The third-order valence-electron chi connectivity index (χ3n) is 3.36. The van der Waals surface area contributed by atoms with Gasteiger partial charge in [-0.15, -0.1) is 0 Å².